The third-order valence-corrected chi connectivity index (χ3v) is 2.51. The van der Waals surface area contributed by atoms with E-state index in [1.165, 1.54) is 0 Å². The first kappa shape index (κ1) is 15.8. The van der Waals surface area contributed by atoms with Gasteiger partial charge in [0.25, 0.3) is 5.91 Å². The number of nitrogens with two attached hydrogens (primary N) is 1. The minimum Gasteiger partial charge on any atom is -0.494 e. The van der Waals surface area contributed by atoms with Gasteiger partial charge in [0.2, 0.25) is 5.91 Å². The van der Waals surface area contributed by atoms with E-state index < -0.39 is 0 Å². The van der Waals surface area contributed by atoms with Crippen molar-refractivity contribution >= 4 is 17.5 Å². The second-order valence-corrected chi connectivity index (χ2v) is 4.18. The van der Waals surface area contributed by atoms with Gasteiger partial charge in [-0.3, -0.25) is 9.59 Å². The van der Waals surface area contributed by atoms with E-state index in [0.717, 1.165) is 0 Å². The zero-order valence-corrected chi connectivity index (χ0v) is 11.9. The Morgan fingerprint density at radius 3 is 2.60 bits per heavy atom. The van der Waals surface area contributed by atoms with E-state index in [1.807, 2.05) is 13.8 Å². The first-order chi connectivity index (χ1) is 9.56. The van der Waals surface area contributed by atoms with E-state index >= 15 is 0 Å². The van der Waals surface area contributed by atoms with E-state index in [-0.39, 0.29) is 24.8 Å². The lowest BCUT2D eigenvalue weighted by molar-refractivity contribution is -0.120. The van der Waals surface area contributed by atoms with Gasteiger partial charge in [-0.2, -0.15) is 0 Å². The maximum Gasteiger partial charge on any atom is 0.251 e. The molecule has 0 unspecified atom stereocenters. The first-order valence-electron chi connectivity index (χ1n) is 6.65. The van der Waals surface area contributed by atoms with Crippen molar-refractivity contribution < 1.29 is 14.3 Å². The number of ether oxygens (including phenoxy) is 1. The monoisotopic (exact) mass is 279 g/mol. The zero-order chi connectivity index (χ0) is 15.0. The molecular formula is C14H21N3O3. The zero-order valence-electron chi connectivity index (χ0n) is 11.9. The lowest BCUT2D eigenvalue weighted by Gasteiger charge is -2.09. The molecule has 4 N–H and O–H groups in total. The minimum atomic E-state index is -0.275. The van der Waals surface area contributed by atoms with Gasteiger partial charge in [-0.25, -0.2) is 0 Å². The Morgan fingerprint density at radius 2 is 1.95 bits per heavy atom. The number of nitrogens with one attached hydrogen (secondary N) is 2. The molecule has 0 bridgehead atoms. The van der Waals surface area contributed by atoms with Crippen LogP contribution in [0, 0.1) is 0 Å². The lowest BCUT2D eigenvalue weighted by Crippen LogP contribution is -2.30. The fourth-order valence-corrected chi connectivity index (χ4v) is 1.68. The summed E-state index contributed by atoms with van der Waals surface area (Å²) in [6.45, 7) is 5.07. The highest BCUT2D eigenvalue weighted by atomic mass is 16.5. The van der Waals surface area contributed by atoms with Crippen molar-refractivity contribution in [3.05, 3.63) is 23.8 Å². The molecular weight excluding hydrogens is 258 g/mol. The van der Waals surface area contributed by atoms with Crippen LogP contribution < -0.4 is 21.1 Å². The Labute approximate surface area is 118 Å². The normalized spacial score (nSPS) is 9.90. The van der Waals surface area contributed by atoms with Gasteiger partial charge < -0.3 is 21.1 Å². The van der Waals surface area contributed by atoms with Crippen molar-refractivity contribution in [3.8, 4) is 5.75 Å². The highest BCUT2D eigenvalue weighted by Gasteiger charge is 2.09. The molecule has 1 aromatic carbocycles. The molecule has 0 saturated carbocycles. The van der Waals surface area contributed by atoms with Gasteiger partial charge in [0, 0.05) is 36.8 Å². The molecule has 0 radical (unpaired) electrons. The van der Waals surface area contributed by atoms with Crippen molar-refractivity contribution in [3.63, 3.8) is 0 Å². The molecule has 0 aliphatic carbocycles. The van der Waals surface area contributed by atoms with Crippen LogP contribution in [0.25, 0.3) is 0 Å². The van der Waals surface area contributed by atoms with E-state index in [4.69, 9.17) is 10.5 Å². The number of nitrogen functional groups attached to an aromatic ring is 1. The maximum atomic E-state index is 11.9. The SMILES string of the molecule is CCNC(=O)CCNC(=O)c1cc(N)cc(OCC)c1. The Balaban J connectivity index is 2.56. The first-order valence-corrected chi connectivity index (χ1v) is 6.65. The number of hydrogen-bond acceptors (Lipinski definition) is 4. The Bertz CT molecular complexity index is 475. The molecule has 0 saturated heterocycles. The van der Waals surface area contributed by atoms with Crippen LogP contribution in [-0.2, 0) is 4.79 Å². The van der Waals surface area contributed by atoms with Gasteiger partial charge in [0.15, 0.2) is 0 Å². The molecule has 0 aliphatic heterocycles. The number of rotatable bonds is 7. The summed E-state index contributed by atoms with van der Waals surface area (Å²) in [5.41, 5.74) is 6.60. The Morgan fingerprint density at radius 1 is 1.20 bits per heavy atom. The fourth-order valence-electron chi connectivity index (χ4n) is 1.68. The quantitative estimate of drug-likeness (QED) is 0.647. The van der Waals surface area contributed by atoms with Crippen molar-refractivity contribution in [1.29, 1.82) is 0 Å². The average Bonchev–Trinajstić information content (AvgIpc) is 2.38. The van der Waals surface area contributed by atoms with E-state index in [0.29, 0.717) is 30.2 Å². The molecule has 0 aliphatic rings. The summed E-state index contributed by atoms with van der Waals surface area (Å²) in [4.78, 5) is 23.2. The second-order valence-electron chi connectivity index (χ2n) is 4.18. The summed E-state index contributed by atoms with van der Waals surface area (Å²) in [7, 11) is 0. The Hall–Kier alpha value is -2.24. The number of hydrogen-bond donors (Lipinski definition) is 3. The molecule has 0 atom stereocenters. The molecule has 1 aromatic rings. The highest BCUT2D eigenvalue weighted by Crippen LogP contribution is 2.18. The largest absolute Gasteiger partial charge is 0.494 e. The summed E-state index contributed by atoms with van der Waals surface area (Å²) < 4.78 is 5.33. The summed E-state index contributed by atoms with van der Waals surface area (Å²) in [6, 6.07) is 4.86. The third kappa shape index (κ3) is 5.17. The summed E-state index contributed by atoms with van der Waals surface area (Å²) in [6.07, 6.45) is 0.250. The smallest absolute Gasteiger partial charge is 0.251 e. The van der Waals surface area contributed by atoms with E-state index in [1.54, 1.807) is 18.2 Å². The van der Waals surface area contributed by atoms with Gasteiger partial charge >= 0.3 is 0 Å². The van der Waals surface area contributed by atoms with Crippen molar-refractivity contribution in [2.75, 3.05) is 25.4 Å². The van der Waals surface area contributed by atoms with Crippen LogP contribution >= 0.6 is 0 Å². The molecule has 6 nitrogen and oxygen atoms in total. The van der Waals surface area contributed by atoms with Crippen molar-refractivity contribution in [2.45, 2.75) is 20.3 Å². The predicted molar refractivity (Wildman–Crippen MR) is 77.7 cm³/mol. The number of benzene rings is 1. The molecule has 110 valence electrons. The van der Waals surface area contributed by atoms with Crippen LogP contribution in [0.15, 0.2) is 18.2 Å². The number of anilines is 1. The van der Waals surface area contributed by atoms with Crippen LogP contribution in [0.2, 0.25) is 0 Å². The average molecular weight is 279 g/mol. The molecule has 6 heteroatoms. The Kier molecular flexibility index (Phi) is 6.36. The van der Waals surface area contributed by atoms with Gasteiger partial charge in [-0.15, -0.1) is 0 Å². The second kappa shape index (κ2) is 8.04. The van der Waals surface area contributed by atoms with Gasteiger partial charge in [0.05, 0.1) is 6.61 Å². The molecule has 0 fully saturated rings. The van der Waals surface area contributed by atoms with Crippen molar-refractivity contribution in [2.24, 2.45) is 0 Å². The van der Waals surface area contributed by atoms with Crippen LogP contribution in [0.5, 0.6) is 5.75 Å². The van der Waals surface area contributed by atoms with E-state index in [9.17, 15) is 9.59 Å². The van der Waals surface area contributed by atoms with Crippen LogP contribution in [0.1, 0.15) is 30.6 Å². The van der Waals surface area contributed by atoms with Crippen LogP contribution in [0.4, 0.5) is 5.69 Å². The minimum absolute atomic E-state index is 0.0876. The van der Waals surface area contributed by atoms with E-state index in [2.05, 4.69) is 10.6 Å². The van der Waals surface area contributed by atoms with Crippen LogP contribution in [-0.4, -0.2) is 31.5 Å². The molecule has 1 rings (SSSR count). The lowest BCUT2D eigenvalue weighted by atomic mass is 10.1. The molecule has 2 amide bonds. The number of carbonyl (C=O) groups excluding carboxylic acids is 2. The highest BCUT2D eigenvalue weighted by molar-refractivity contribution is 5.95. The van der Waals surface area contributed by atoms with Gasteiger partial charge in [-0.05, 0) is 26.0 Å². The molecule has 20 heavy (non-hydrogen) atoms. The molecule has 0 spiro atoms. The topological polar surface area (TPSA) is 93.5 Å². The number of amides is 2. The fraction of sp³-hybridized carbons (Fsp3) is 0.429. The summed E-state index contributed by atoms with van der Waals surface area (Å²) >= 11 is 0. The molecule has 0 heterocycles. The standard InChI is InChI=1S/C14H21N3O3/c1-3-16-13(18)5-6-17-14(19)10-7-11(15)9-12(8-10)20-4-2/h7-9H,3-6,15H2,1-2H3,(H,16,18)(H,17,19). The summed E-state index contributed by atoms with van der Waals surface area (Å²) in [5, 5.41) is 5.34. The van der Waals surface area contributed by atoms with Gasteiger partial charge in [0.1, 0.15) is 5.75 Å². The number of carbonyl (C=O) groups is 2. The maximum absolute atomic E-state index is 11.9. The van der Waals surface area contributed by atoms with Crippen LogP contribution in [0.3, 0.4) is 0 Å². The third-order valence-electron chi connectivity index (χ3n) is 2.51. The summed E-state index contributed by atoms with van der Waals surface area (Å²) in [5.74, 6) is 0.194. The van der Waals surface area contributed by atoms with Gasteiger partial charge in [-0.1, -0.05) is 0 Å². The van der Waals surface area contributed by atoms with Crippen molar-refractivity contribution in [1.82, 2.24) is 10.6 Å². The predicted octanol–water partition coefficient (Wildman–Crippen LogP) is 0.923. The molecule has 0 aromatic heterocycles.